The molecule has 1 aromatic carbocycles. The highest BCUT2D eigenvalue weighted by Crippen LogP contribution is 2.37. The van der Waals surface area contributed by atoms with Crippen molar-refractivity contribution in [1.82, 2.24) is 25.5 Å². The first-order chi connectivity index (χ1) is 15.6. The van der Waals surface area contributed by atoms with E-state index in [0.717, 1.165) is 37.4 Å². The van der Waals surface area contributed by atoms with Gasteiger partial charge < -0.3 is 15.5 Å². The Kier molecular flexibility index (Phi) is 6.12. The van der Waals surface area contributed by atoms with Crippen molar-refractivity contribution in [2.75, 3.05) is 13.1 Å². The largest absolute Gasteiger partial charge is 0.451 e. The molecule has 0 bridgehead atoms. The molecule has 2 atom stereocenters. The molecule has 13 heteroatoms. The molecule has 2 aromatic rings. The highest BCUT2D eigenvalue weighted by Gasteiger charge is 2.44. The zero-order valence-corrected chi connectivity index (χ0v) is 17.6. The summed E-state index contributed by atoms with van der Waals surface area (Å²) in [6.07, 6.45) is -1.70. The lowest BCUT2D eigenvalue weighted by atomic mass is 10.00. The van der Waals surface area contributed by atoms with Crippen LogP contribution < -0.4 is 10.6 Å². The fourth-order valence-electron chi connectivity index (χ4n) is 3.74. The molecule has 1 aliphatic heterocycles. The maximum Gasteiger partial charge on any atom is 0.451 e. The number of rotatable bonds is 4. The van der Waals surface area contributed by atoms with Gasteiger partial charge >= 0.3 is 12.2 Å². The van der Waals surface area contributed by atoms with Crippen LogP contribution in [0, 0.1) is 17.6 Å². The molecule has 2 fully saturated rings. The van der Waals surface area contributed by atoms with Gasteiger partial charge in [0.2, 0.25) is 11.7 Å². The van der Waals surface area contributed by atoms with E-state index in [1.165, 1.54) is 4.90 Å². The molecule has 1 saturated heterocycles. The van der Waals surface area contributed by atoms with Crippen molar-refractivity contribution in [2.24, 2.45) is 5.92 Å². The van der Waals surface area contributed by atoms with Gasteiger partial charge in [0.1, 0.15) is 22.7 Å². The highest BCUT2D eigenvalue weighted by atomic mass is 35.5. The molecule has 3 amide bonds. The number of hydrogen-bond donors (Lipinski definition) is 2. The molecule has 2 heterocycles. The molecule has 0 spiro atoms. The van der Waals surface area contributed by atoms with E-state index in [2.05, 4.69) is 20.6 Å². The lowest BCUT2D eigenvalue weighted by molar-refractivity contribution is -0.145. The zero-order chi connectivity index (χ0) is 23.9. The molecule has 1 aromatic heterocycles. The minimum atomic E-state index is -4.81. The molecule has 176 valence electrons. The third-order valence-corrected chi connectivity index (χ3v) is 5.83. The van der Waals surface area contributed by atoms with Gasteiger partial charge in [-0.3, -0.25) is 4.79 Å². The average molecular weight is 490 g/mol. The van der Waals surface area contributed by atoms with E-state index in [9.17, 15) is 31.5 Å². The number of aromatic nitrogens is 2. The number of benzene rings is 1. The number of piperazine rings is 1. The fraction of sp³-hybridized carbons (Fsp3) is 0.400. The first-order valence-electron chi connectivity index (χ1n) is 9.95. The molecule has 33 heavy (non-hydrogen) atoms. The van der Waals surface area contributed by atoms with Gasteiger partial charge in [0, 0.05) is 36.6 Å². The molecule has 0 unspecified atom stereocenters. The number of carbonyl (C=O) groups is 2. The summed E-state index contributed by atoms with van der Waals surface area (Å²) in [7, 11) is 0. The van der Waals surface area contributed by atoms with Gasteiger partial charge in [-0.05, 0) is 24.8 Å². The van der Waals surface area contributed by atoms with Crippen LogP contribution in [-0.2, 0) is 11.0 Å². The summed E-state index contributed by atoms with van der Waals surface area (Å²) in [5.74, 6) is -3.99. The van der Waals surface area contributed by atoms with Crippen molar-refractivity contribution in [3.8, 4) is 0 Å². The fourth-order valence-corrected chi connectivity index (χ4v) is 3.91. The molecule has 7 nitrogen and oxygen atoms in total. The first-order valence-corrected chi connectivity index (χ1v) is 10.3. The second kappa shape index (κ2) is 8.73. The number of urea groups is 1. The average Bonchev–Trinajstić information content (AvgIpc) is 3.61. The quantitative estimate of drug-likeness (QED) is 0.509. The van der Waals surface area contributed by atoms with Gasteiger partial charge in [-0.1, -0.05) is 17.7 Å². The van der Waals surface area contributed by atoms with Crippen molar-refractivity contribution in [3.63, 3.8) is 0 Å². The SMILES string of the molecule is O=C1NCCN(C(=O)N[C@H](c2cnc(C(F)(F)F)nc2)c2ccc(F)c(Cl)c2F)[C@@H]1C1CC1. The predicted octanol–water partition coefficient (Wildman–Crippen LogP) is 3.44. The smallest absolute Gasteiger partial charge is 0.353 e. The predicted molar refractivity (Wildman–Crippen MR) is 105 cm³/mol. The maximum atomic E-state index is 14.8. The number of hydrogen-bond acceptors (Lipinski definition) is 4. The second-order valence-corrected chi connectivity index (χ2v) is 8.13. The molecule has 4 rings (SSSR count). The number of halogens is 6. The van der Waals surface area contributed by atoms with E-state index in [-0.39, 0.29) is 36.0 Å². The molecule has 0 radical (unpaired) electrons. The Balaban J connectivity index is 1.69. The second-order valence-electron chi connectivity index (χ2n) is 7.75. The van der Waals surface area contributed by atoms with Gasteiger partial charge in [0.15, 0.2) is 0 Å². The summed E-state index contributed by atoms with van der Waals surface area (Å²) in [6.45, 7) is 0.391. The third-order valence-electron chi connectivity index (χ3n) is 5.49. The van der Waals surface area contributed by atoms with Gasteiger partial charge in [0.05, 0.1) is 6.04 Å². The summed E-state index contributed by atoms with van der Waals surface area (Å²) in [6, 6.07) is -0.980. The first kappa shape index (κ1) is 23.1. The zero-order valence-electron chi connectivity index (χ0n) is 16.8. The number of amides is 3. The number of nitrogens with zero attached hydrogens (tertiary/aromatic N) is 3. The van der Waals surface area contributed by atoms with Crippen molar-refractivity contribution in [3.05, 3.63) is 58.1 Å². The lowest BCUT2D eigenvalue weighted by Crippen LogP contribution is -2.60. The molecule has 2 N–H and O–H groups in total. The Morgan fingerprint density at radius 2 is 1.88 bits per heavy atom. The third kappa shape index (κ3) is 4.70. The summed E-state index contributed by atoms with van der Waals surface area (Å²) in [5.41, 5.74) is -0.398. The van der Waals surface area contributed by atoms with Gasteiger partial charge in [-0.25, -0.2) is 23.5 Å². The number of nitrogens with one attached hydrogen (secondary N) is 2. The lowest BCUT2D eigenvalue weighted by Gasteiger charge is -2.36. The topological polar surface area (TPSA) is 87.2 Å². The summed E-state index contributed by atoms with van der Waals surface area (Å²) < 4.78 is 67.1. The van der Waals surface area contributed by atoms with Crippen LogP contribution in [0.25, 0.3) is 0 Å². The Labute approximate surface area is 189 Å². The highest BCUT2D eigenvalue weighted by molar-refractivity contribution is 6.31. The van der Waals surface area contributed by atoms with Crippen LogP contribution in [0.1, 0.15) is 35.8 Å². The summed E-state index contributed by atoms with van der Waals surface area (Å²) in [5, 5.41) is 4.37. The van der Waals surface area contributed by atoms with E-state index in [1.807, 2.05) is 0 Å². The summed E-state index contributed by atoms with van der Waals surface area (Å²) >= 11 is 5.67. The normalized spacial score (nSPS) is 19.8. The van der Waals surface area contributed by atoms with Crippen LogP contribution in [0.4, 0.5) is 26.7 Å². The van der Waals surface area contributed by atoms with Crippen molar-refractivity contribution < 1.29 is 31.5 Å². The molecular weight excluding hydrogens is 473 g/mol. The standard InChI is InChI=1S/C20H17ClF5N5O2/c21-13-12(22)4-3-11(14(13)23)15(10-7-28-18(29-8-10)20(24,25)26)30-19(33)31-6-5-27-17(32)16(31)9-1-2-9/h3-4,7-9,15-16H,1-2,5-6H2,(H,27,32)(H,30,33)/t15-,16-/m1/s1. The Bertz CT molecular complexity index is 1080. The van der Waals surface area contributed by atoms with E-state index >= 15 is 0 Å². The number of alkyl halides is 3. The molecular formula is C20H17ClF5N5O2. The van der Waals surface area contributed by atoms with Crippen LogP contribution in [0.2, 0.25) is 5.02 Å². The van der Waals surface area contributed by atoms with Gasteiger partial charge in [-0.15, -0.1) is 0 Å². The van der Waals surface area contributed by atoms with E-state index in [1.54, 1.807) is 0 Å². The van der Waals surface area contributed by atoms with Crippen LogP contribution >= 0.6 is 11.6 Å². The Morgan fingerprint density at radius 3 is 2.48 bits per heavy atom. The monoisotopic (exact) mass is 489 g/mol. The van der Waals surface area contributed by atoms with Crippen molar-refractivity contribution >= 4 is 23.5 Å². The Hall–Kier alpha value is -3.02. The maximum absolute atomic E-state index is 14.8. The minimum absolute atomic E-state index is 0.0131. The van der Waals surface area contributed by atoms with E-state index < -0.39 is 46.8 Å². The minimum Gasteiger partial charge on any atom is -0.353 e. The van der Waals surface area contributed by atoms with Gasteiger partial charge in [0.25, 0.3) is 0 Å². The van der Waals surface area contributed by atoms with E-state index in [0.29, 0.717) is 0 Å². The van der Waals surface area contributed by atoms with Crippen LogP contribution in [-0.4, -0.2) is 45.9 Å². The van der Waals surface area contributed by atoms with Crippen LogP contribution in [0.3, 0.4) is 0 Å². The van der Waals surface area contributed by atoms with Crippen molar-refractivity contribution in [1.29, 1.82) is 0 Å². The van der Waals surface area contributed by atoms with E-state index in [4.69, 9.17) is 11.6 Å². The Morgan fingerprint density at radius 1 is 1.21 bits per heavy atom. The molecule has 1 aliphatic carbocycles. The summed E-state index contributed by atoms with van der Waals surface area (Å²) in [4.78, 5) is 33.2. The molecule has 1 saturated carbocycles. The molecule has 2 aliphatic rings. The van der Waals surface area contributed by atoms with Gasteiger partial charge in [-0.2, -0.15) is 13.2 Å². The van der Waals surface area contributed by atoms with Crippen molar-refractivity contribution in [2.45, 2.75) is 31.1 Å². The van der Waals surface area contributed by atoms with Crippen LogP contribution in [0.5, 0.6) is 0 Å². The van der Waals surface area contributed by atoms with Crippen LogP contribution in [0.15, 0.2) is 24.5 Å². The number of carbonyl (C=O) groups excluding carboxylic acids is 2.